The summed E-state index contributed by atoms with van der Waals surface area (Å²) in [5.41, 5.74) is 4.78. The van der Waals surface area contributed by atoms with Crippen LogP contribution in [0.2, 0.25) is 10.0 Å². The third kappa shape index (κ3) is 8.87. The van der Waals surface area contributed by atoms with Gasteiger partial charge in [-0.1, -0.05) is 71.7 Å². The molecule has 0 aliphatic carbocycles. The first-order valence-corrected chi connectivity index (χ1v) is 18.2. The molecule has 1 aliphatic heterocycles. The van der Waals surface area contributed by atoms with Crippen molar-refractivity contribution in [3.8, 4) is 0 Å². The SMILES string of the molecule is CN(CC(CCN1CCC(C(=O)c2nc3ccccc3n2CCCc2ccc(C(=O)O)cc2)CC1)c1ccc(Cl)c(Cl)c1)C(=O)c1ccccc1. The highest BCUT2D eigenvalue weighted by atomic mass is 35.5. The maximum atomic E-state index is 14.0. The van der Waals surface area contributed by atoms with Crippen molar-refractivity contribution < 1.29 is 19.5 Å². The number of carbonyl (C=O) groups is 3. The minimum absolute atomic E-state index is 0.0274. The van der Waals surface area contributed by atoms with Crippen molar-refractivity contribution in [2.24, 2.45) is 5.92 Å². The number of likely N-dealkylation sites (N-methyl/N-ethyl adjacent to an activating group) is 1. The molecule has 1 N–H and O–H groups in total. The van der Waals surface area contributed by atoms with E-state index in [-0.39, 0.29) is 29.1 Å². The molecule has 1 aliphatic rings. The lowest BCUT2D eigenvalue weighted by Gasteiger charge is -2.33. The van der Waals surface area contributed by atoms with Gasteiger partial charge in [0.1, 0.15) is 0 Å². The number of carbonyl (C=O) groups excluding carboxylic acids is 2. The van der Waals surface area contributed by atoms with E-state index in [0.717, 1.165) is 73.9 Å². The van der Waals surface area contributed by atoms with Crippen molar-refractivity contribution in [2.75, 3.05) is 33.2 Å². The molecule has 1 amide bonds. The number of rotatable bonds is 14. The van der Waals surface area contributed by atoms with Crippen molar-refractivity contribution in [3.05, 3.63) is 135 Å². The van der Waals surface area contributed by atoms with Crippen LogP contribution < -0.4 is 0 Å². The highest BCUT2D eigenvalue weighted by molar-refractivity contribution is 6.42. The highest BCUT2D eigenvalue weighted by Crippen LogP contribution is 2.31. The predicted octanol–water partition coefficient (Wildman–Crippen LogP) is 8.51. The summed E-state index contributed by atoms with van der Waals surface area (Å²) in [4.78, 5) is 47.4. The van der Waals surface area contributed by atoms with E-state index in [0.29, 0.717) is 34.5 Å². The van der Waals surface area contributed by atoms with Crippen LogP contribution in [0.1, 0.15) is 74.1 Å². The number of amides is 1. The molecule has 0 bridgehead atoms. The minimum atomic E-state index is -0.937. The average molecular weight is 726 g/mol. The number of nitrogens with zero attached hydrogens (tertiary/aromatic N) is 4. The summed E-state index contributed by atoms with van der Waals surface area (Å²) < 4.78 is 2.06. The first-order chi connectivity index (χ1) is 24.7. The Hall–Kier alpha value is -4.50. The molecule has 1 fully saturated rings. The molecule has 5 aromatic rings. The summed E-state index contributed by atoms with van der Waals surface area (Å²) in [5.74, 6) is -0.422. The number of benzene rings is 4. The number of piperidine rings is 1. The van der Waals surface area contributed by atoms with Crippen LogP contribution in [0.15, 0.2) is 97.1 Å². The Morgan fingerprint density at radius 3 is 2.27 bits per heavy atom. The standard InChI is InChI=1S/C41H42Cl2N4O4/c1-45(40(49)30-9-3-2-4-10-30)27-33(32-17-18-34(42)35(43)26-32)21-25-46-23-19-29(20-24-46)38(48)39-44-36-11-5-6-12-37(36)47(39)22-7-8-28-13-15-31(16-14-28)41(50)51/h2-6,9-18,26,29,33H,7-8,19-25,27H2,1H3,(H,50,51). The van der Waals surface area contributed by atoms with Crippen LogP contribution in [0.5, 0.6) is 0 Å². The molecular formula is C41H42Cl2N4O4. The Bertz CT molecular complexity index is 1990. The largest absolute Gasteiger partial charge is 0.478 e. The molecule has 8 nitrogen and oxygen atoms in total. The van der Waals surface area contributed by atoms with Gasteiger partial charge in [-0.15, -0.1) is 0 Å². The first kappa shape index (κ1) is 36.3. The molecule has 10 heteroatoms. The number of likely N-dealkylation sites (tertiary alicyclic amines) is 1. The number of hydrogen-bond donors (Lipinski definition) is 1. The third-order valence-corrected chi connectivity index (χ3v) is 10.7. The molecule has 2 heterocycles. The Kier molecular flexibility index (Phi) is 11.9. The third-order valence-electron chi connectivity index (χ3n) is 9.95. The zero-order chi connectivity index (χ0) is 35.9. The van der Waals surface area contributed by atoms with Crippen LogP contribution in [0, 0.1) is 5.92 Å². The number of Topliss-reactive ketones (excluding diaryl/α,β-unsaturated/α-hetero) is 1. The highest BCUT2D eigenvalue weighted by Gasteiger charge is 2.30. The lowest BCUT2D eigenvalue weighted by atomic mass is 9.90. The van der Waals surface area contributed by atoms with Gasteiger partial charge in [-0.3, -0.25) is 9.59 Å². The second-order valence-electron chi connectivity index (χ2n) is 13.4. The minimum Gasteiger partial charge on any atom is -0.478 e. The van der Waals surface area contributed by atoms with E-state index in [4.69, 9.17) is 28.2 Å². The maximum absolute atomic E-state index is 14.0. The van der Waals surface area contributed by atoms with Crippen LogP contribution in [0.25, 0.3) is 11.0 Å². The topological polar surface area (TPSA) is 95.7 Å². The lowest BCUT2D eigenvalue weighted by molar-refractivity contribution is 0.0695. The average Bonchev–Trinajstić information content (AvgIpc) is 3.53. The Morgan fingerprint density at radius 2 is 1.57 bits per heavy atom. The normalized spacial score (nSPS) is 14.4. The summed E-state index contributed by atoms with van der Waals surface area (Å²) in [5, 5.41) is 10.2. The zero-order valence-electron chi connectivity index (χ0n) is 28.7. The van der Waals surface area contributed by atoms with Gasteiger partial charge in [0.2, 0.25) is 5.78 Å². The van der Waals surface area contributed by atoms with Crippen molar-refractivity contribution in [2.45, 2.75) is 44.6 Å². The molecule has 1 aromatic heterocycles. The Balaban J connectivity index is 1.08. The fraction of sp³-hybridized carbons (Fsp3) is 0.317. The van der Waals surface area contributed by atoms with Gasteiger partial charge in [0, 0.05) is 37.5 Å². The van der Waals surface area contributed by atoms with Gasteiger partial charge >= 0.3 is 5.97 Å². The monoisotopic (exact) mass is 724 g/mol. The Labute approximate surface area is 308 Å². The summed E-state index contributed by atoms with van der Waals surface area (Å²) in [6.45, 7) is 3.60. The summed E-state index contributed by atoms with van der Waals surface area (Å²) >= 11 is 12.7. The molecule has 1 saturated heterocycles. The summed E-state index contributed by atoms with van der Waals surface area (Å²) in [7, 11) is 1.84. The van der Waals surface area contributed by atoms with E-state index >= 15 is 0 Å². The molecular weight excluding hydrogens is 683 g/mol. The fourth-order valence-electron chi connectivity index (χ4n) is 7.03. The molecule has 264 valence electrons. The summed E-state index contributed by atoms with van der Waals surface area (Å²) in [6.07, 6.45) is 3.87. The van der Waals surface area contributed by atoms with Crippen LogP contribution in [-0.4, -0.2) is 75.3 Å². The molecule has 1 unspecified atom stereocenters. The van der Waals surface area contributed by atoms with Gasteiger partial charge in [0.15, 0.2) is 5.82 Å². The van der Waals surface area contributed by atoms with E-state index in [1.165, 1.54) is 0 Å². The van der Waals surface area contributed by atoms with Crippen molar-refractivity contribution in [1.82, 2.24) is 19.4 Å². The van der Waals surface area contributed by atoms with Crippen molar-refractivity contribution >= 4 is 51.9 Å². The van der Waals surface area contributed by atoms with Crippen LogP contribution in [0.3, 0.4) is 0 Å². The number of halogens is 2. The molecule has 51 heavy (non-hydrogen) atoms. The van der Waals surface area contributed by atoms with E-state index in [1.807, 2.05) is 92.0 Å². The van der Waals surface area contributed by atoms with E-state index < -0.39 is 5.97 Å². The molecule has 0 spiro atoms. The molecule has 0 saturated carbocycles. The number of aromatic nitrogens is 2. The number of aromatic carboxylic acids is 1. The van der Waals surface area contributed by atoms with Crippen LogP contribution in [-0.2, 0) is 13.0 Å². The van der Waals surface area contributed by atoms with Crippen molar-refractivity contribution in [3.63, 3.8) is 0 Å². The van der Waals surface area contributed by atoms with Gasteiger partial charge in [-0.25, -0.2) is 9.78 Å². The molecule has 0 radical (unpaired) electrons. The second-order valence-corrected chi connectivity index (χ2v) is 14.2. The number of hydrogen-bond acceptors (Lipinski definition) is 5. The summed E-state index contributed by atoms with van der Waals surface area (Å²) in [6, 6.07) is 29.8. The van der Waals surface area contributed by atoms with Gasteiger partial charge in [0.05, 0.1) is 26.6 Å². The van der Waals surface area contributed by atoms with Crippen LogP contribution >= 0.6 is 23.2 Å². The quantitative estimate of drug-likeness (QED) is 0.115. The van der Waals surface area contributed by atoms with Gasteiger partial charge in [0.25, 0.3) is 5.91 Å². The van der Waals surface area contributed by atoms with Crippen LogP contribution in [0.4, 0.5) is 0 Å². The van der Waals surface area contributed by atoms with Gasteiger partial charge in [-0.05, 0) is 111 Å². The molecule has 4 aromatic carbocycles. The number of imidazole rings is 1. The van der Waals surface area contributed by atoms with E-state index in [9.17, 15) is 19.5 Å². The number of para-hydroxylation sites is 2. The predicted molar refractivity (Wildman–Crippen MR) is 202 cm³/mol. The number of ketones is 1. The lowest BCUT2D eigenvalue weighted by Crippen LogP contribution is -2.38. The van der Waals surface area contributed by atoms with Gasteiger partial charge in [-0.2, -0.15) is 0 Å². The van der Waals surface area contributed by atoms with E-state index in [2.05, 4.69) is 9.47 Å². The number of carboxylic acid groups (broad SMARTS) is 1. The number of carboxylic acids is 1. The first-order valence-electron chi connectivity index (χ1n) is 17.5. The number of fused-ring (bicyclic) bond motifs is 1. The van der Waals surface area contributed by atoms with Gasteiger partial charge < -0.3 is 19.5 Å². The Morgan fingerprint density at radius 1 is 0.863 bits per heavy atom. The van der Waals surface area contributed by atoms with Crippen molar-refractivity contribution in [1.29, 1.82) is 0 Å². The second kappa shape index (κ2) is 16.7. The smallest absolute Gasteiger partial charge is 0.335 e. The number of aryl methyl sites for hydroxylation is 2. The zero-order valence-corrected chi connectivity index (χ0v) is 30.2. The van der Waals surface area contributed by atoms with E-state index in [1.54, 1.807) is 17.0 Å². The molecule has 6 rings (SSSR count). The fourth-order valence-corrected chi connectivity index (χ4v) is 7.34. The molecule has 1 atom stereocenters. The maximum Gasteiger partial charge on any atom is 0.335 e.